The molecule has 0 radical (unpaired) electrons. The summed E-state index contributed by atoms with van der Waals surface area (Å²) >= 11 is 0. The van der Waals surface area contributed by atoms with Gasteiger partial charge in [-0.1, -0.05) is 0 Å². The van der Waals surface area contributed by atoms with Crippen molar-refractivity contribution < 1.29 is 13.2 Å². The first-order valence-corrected chi connectivity index (χ1v) is 8.77. The summed E-state index contributed by atoms with van der Waals surface area (Å²) in [5, 5.41) is 6.22. The molecule has 2 N–H and O–H groups in total. The molecule has 19 heavy (non-hydrogen) atoms. The highest BCUT2D eigenvalue weighted by molar-refractivity contribution is 7.91. The number of likely N-dealkylation sites (tertiary alicyclic amines) is 1. The molecule has 3 atom stereocenters. The van der Waals surface area contributed by atoms with Crippen LogP contribution in [0.25, 0.3) is 0 Å². The molecule has 0 aliphatic carbocycles. The topological polar surface area (TPSA) is 78.5 Å². The van der Waals surface area contributed by atoms with Gasteiger partial charge >= 0.3 is 0 Å². The Kier molecular flexibility index (Phi) is 3.53. The van der Waals surface area contributed by atoms with Crippen LogP contribution in [0.1, 0.15) is 6.42 Å². The fraction of sp³-hybridized carbons (Fsp3) is 0.917. The second-order valence-corrected chi connectivity index (χ2v) is 8.27. The summed E-state index contributed by atoms with van der Waals surface area (Å²) in [5.74, 6) is 1.64. The maximum absolute atomic E-state index is 11.9. The molecule has 0 aromatic carbocycles. The molecule has 6 nitrogen and oxygen atoms in total. The second-order valence-electron chi connectivity index (χ2n) is 6.04. The number of rotatable bonds is 3. The number of carbonyl (C=O) groups excluding carboxylic acids is 1. The number of nitrogens with zero attached hydrogens (tertiary/aromatic N) is 1. The van der Waals surface area contributed by atoms with Gasteiger partial charge < -0.3 is 10.6 Å². The van der Waals surface area contributed by atoms with Crippen molar-refractivity contribution in [2.45, 2.75) is 12.5 Å². The normalized spacial score (nSPS) is 37.4. The summed E-state index contributed by atoms with van der Waals surface area (Å²) in [5.41, 5.74) is 0. The van der Waals surface area contributed by atoms with Crippen molar-refractivity contribution >= 4 is 15.7 Å². The Balaban J connectivity index is 1.45. The van der Waals surface area contributed by atoms with Gasteiger partial charge in [-0.2, -0.15) is 0 Å². The molecule has 108 valence electrons. The number of nitrogens with one attached hydrogen (secondary N) is 2. The van der Waals surface area contributed by atoms with E-state index in [-0.39, 0.29) is 23.5 Å². The first kappa shape index (κ1) is 13.3. The highest BCUT2D eigenvalue weighted by Gasteiger charge is 2.37. The molecule has 3 fully saturated rings. The maximum atomic E-state index is 11.9. The Morgan fingerprint density at radius 2 is 1.95 bits per heavy atom. The average Bonchev–Trinajstić information content (AvgIpc) is 2.93. The van der Waals surface area contributed by atoms with Crippen molar-refractivity contribution in [2.24, 2.45) is 11.8 Å². The van der Waals surface area contributed by atoms with Crippen molar-refractivity contribution in [3.63, 3.8) is 0 Å². The van der Waals surface area contributed by atoms with E-state index in [1.165, 1.54) is 0 Å². The smallest absolute Gasteiger partial charge is 0.234 e. The highest BCUT2D eigenvalue weighted by Crippen LogP contribution is 2.25. The molecule has 3 aliphatic heterocycles. The SMILES string of the molecule is O=C(CN1C[C@H]2CNC[C@H]2C1)NC1CCS(=O)(=O)C1. The number of sulfone groups is 1. The van der Waals surface area contributed by atoms with Gasteiger partial charge in [-0.25, -0.2) is 8.42 Å². The zero-order chi connectivity index (χ0) is 13.5. The molecule has 3 saturated heterocycles. The maximum Gasteiger partial charge on any atom is 0.234 e. The molecule has 7 heteroatoms. The third kappa shape index (κ3) is 3.09. The largest absolute Gasteiger partial charge is 0.351 e. The summed E-state index contributed by atoms with van der Waals surface area (Å²) < 4.78 is 22.7. The standard InChI is InChI=1S/C12H21N3O3S/c16-12(14-11-1-2-19(17,18)8-11)7-15-5-9-3-13-4-10(9)6-15/h9-11,13H,1-8H2,(H,14,16)/t9-,10+,11?. The minimum Gasteiger partial charge on any atom is -0.351 e. The van der Waals surface area contributed by atoms with Crippen LogP contribution in [-0.2, 0) is 14.6 Å². The van der Waals surface area contributed by atoms with E-state index in [4.69, 9.17) is 0 Å². The number of hydrogen-bond acceptors (Lipinski definition) is 5. The van der Waals surface area contributed by atoms with Gasteiger partial charge in [0.2, 0.25) is 5.91 Å². The molecule has 3 heterocycles. The quantitative estimate of drug-likeness (QED) is 0.656. The number of fused-ring (bicyclic) bond motifs is 1. The highest BCUT2D eigenvalue weighted by atomic mass is 32.2. The molecule has 3 rings (SSSR count). The lowest BCUT2D eigenvalue weighted by Crippen LogP contribution is -2.42. The third-order valence-corrected chi connectivity index (χ3v) is 6.20. The fourth-order valence-electron chi connectivity index (χ4n) is 3.47. The van der Waals surface area contributed by atoms with Gasteiger partial charge in [0, 0.05) is 19.1 Å². The van der Waals surface area contributed by atoms with Crippen LogP contribution >= 0.6 is 0 Å². The Hall–Kier alpha value is -0.660. The van der Waals surface area contributed by atoms with Crippen LogP contribution in [0.4, 0.5) is 0 Å². The second kappa shape index (κ2) is 5.03. The van der Waals surface area contributed by atoms with Crippen LogP contribution in [0.3, 0.4) is 0 Å². The van der Waals surface area contributed by atoms with Gasteiger partial charge in [0.15, 0.2) is 9.84 Å². The molecule has 1 unspecified atom stereocenters. The molecule has 0 spiro atoms. The summed E-state index contributed by atoms with van der Waals surface area (Å²) in [6.45, 7) is 4.49. The van der Waals surface area contributed by atoms with E-state index >= 15 is 0 Å². The molecule has 0 aromatic heterocycles. The van der Waals surface area contributed by atoms with Gasteiger partial charge in [-0.3, -0.25) is 9.69 Å². The van der Waals surface area contributed by atoms with E-state index in [0.717, 1.165) is 26.2 Å². The monoisotopic (exact) mass is 287 g/mol. The first-order chi connectivity index (χ1) is 9.02. The summed E-state index contributed by atoms with van der Waals surface area (Å²) in [7, 11) is -2.92. The Bertz CT molecular complexity index is 453. The lowest BCUT2D eigenvalue weighted by molar-refractivity contribution is -0.122. The number of hydrogen-bond donors (Lipinski definition) is 2. The van der Waals surface area contributed by atoms with E-state index in [2.05, 4.69) is 15.5 Å². The molecule has 1 amide bonds. The Morgan fingerprint density at radius 3 is 2.53 bits per heavy atom. The summed E-state index contributed by atoms with van der Waals surface area (Å²) in [6, 6.07) is -0.179. The van der Waals surface area contributed by atoms with E-state index < -0.39 is 9.84 Å². The predicted molar refractivity (Wildman–Crippen MR) is 71.5 cm³/mol. The molecule has 3 aliphatic rings. The third-order valence-electron chi connectivity index (χ3n) is 4.43. The summed E-state index contributed by atoms with van der Waals surface area (Å²) in [6.07, 6.45) is 0.559. The molecule has 0 bridgehead atoms. The molecular weight excluding hydrogens is 266 g/mol. The number of amides is 1. The first-order valence-electron chi connectivity index (χ1n) is 6.95. The fourth-order valence-corrected chi connectivity index (χ4v) is 5.14. The van der Waals surface area contributed by atoms with Crippen LogP contribution in [0.15, 0.2) is 0 Å². The van der Waals surface area contributed by atoms with Crippen molar-refractivity contribution in [2.75, 3.05) is 44.2 Å². The zero-order valence-corrected chi connectivity index (χ0v) is 11.8. The van der Waals surface area contributed by atoms with Crippen molar-refractivity contribution in [3.05, 3.63) is 0 Å². The van der Waals surface area contributed by atoms with Gasteiger partial charge in [0.05, 0.1) is 18.1 Å². The molecule has 0 aromatic rings. The van der Waals surface area contributed by atoms with Gasteiger partial charge in [-0.05, 0) is 31.3 Å². The van der Waals surface area contributed by atoms with E-state index in [9.17, 15) is 13.2 Å². The predicted octanol–water partition coefficient (Wildman–Crippen LogP) is -1.56. The van der Waals surface area contributed by atoms with Gasteiger partial charge in [0.25, 0.3) is 0 Å². The van der Waals surface area contributed by atoms with E-state index in [1.807, 2.05) is 0 Å². The van der Waals surface area contributed by atoms with Gasteiger partial charge in [-0.15, -0.1) is 0 Å². The minimum atomic E-state index is -2.92. The summed E-state index contributed by atoms with van der Waals surface area (Å²) in [4.78, 5) is 14.1. The lowest BCUT2D eigenvalue weighted by atomic mass is 10.0. The molecular formula is C12H21N3O3S. The average molecular weight is 287 g/mol. The zero-order valence-electron chi connectivity index (χ0n) is 11.0. The Morgan fingerprint density at radius 1 is 1.26 bits per heavy atom. The van der Waals surface area contributed by atoms with E-state index in [1.54, 1.807) is 0 Å². The van der Waals surface area contributed by atoms with Crippen molar-refractivity contribution in [1.29, 1.82) is 0 Å². The van der Waals surface area contributed by atoms with Crippen LogP contribution in [0.2, 0.25) is 0 Å². The van der Waals surface area contributed by atoms with Crippen LogP contribution in [0.5, 0.6) is 0 Å². The van der Waals surface area contributed by atoms with Gasteiger partial charge in [0.1, 0.15) is 0 Å². The minimum absolute atomic E-state index is 0.0324. The van der Waals surface area contributed by atoms with Crippen LogP contribution in [0, 0.1) is 11.8 Å². The van der Waals surface area contributed by atoms with Crippen molar-refractivity contribution in [1.82, 2.24) is 15.5 Å². The lowest BCUT2D eigenvalue weighted by Gasteiger charge is -2.18. The number of carbonyl (C=O) groups is 1. The van der Waals surface area contributed by atoms with Crippen LogP contribution < -0.4 is 10.6 Å². The van der Waals surface area contributed by atoms with Crippen LogP contribution in [-0.4, -0.2) is 69.5 Å². The van der Waals surface area contributed by atoms with E-state index in [0.29, 0.717) is 24.8 Å². The van der Waals surface area contributed by atoms with Crippen molar-refractivity contribution in [3.8, 4) is 0 Å². The Labute approximate surface area is 113 Å². The molecule has 0 saturated carbocycles.